The molecule has 0 radical (unpaired) electrons. The number of aromatic carboxylic acids is 1. The highest BCUT2D eigenvalue weighted by atomic mass is 35.5. The number of benzene rings is 1. The third-order valence-electron chi connectivity index (χ3n) is 2.64. The summed E-state index contributed by atoms with van der Waals surface area (Å²) in [6.45, 7) is 1.66. The molecule has 1 amide bonds. The number of aromatic nitrogens is 1. The van der Waals surface area contributed by atoms with Crippen LogP contribution in [0.3, 0.4) is 0 Å². The van der Waals surface area contributed by atoms with E-state index < -0.39 is 11.9 Å². The van der Waals surface area contributed by atoms with Gasteiger partial charge in [0.15, 0.2) is 5.69 Å². The Balaban J connectivity index is 2.12. The van der Waals surface area contributed by atoms with Gasteiger partial charge in [-0.1, -0.05) is 23.7 Å². The molecule has 1 aromatic carbocycles. The molecule has 0 aliphatic heterocycles. The second-order valence-corrected chi connectivity index (χ2v) is 5.36. The van der Waals surface area contributed by atoms with Gasteiger partial charge < -0.3 is 10.4 Å². The van der Waals surface area contributed by atoms with Crippen LogP contribution in [0.2, 0.25) is 5.02 Å². The molecule has 7 heteroatoms. The smallest absolute Gasteiger partial charge is 0.355 e. The maximum absolute atomic E-state index is 12.1. The van der Waals surface area contributed by atoms with Gasteiger partial charge in [-0.15, -0.1) is 11.3 Å². The number of para-hydroxylation sites is 1. The Kier molecular flexibility index (Phi) is 4.36. The van der Waals surface area contributed by atoms with Gasteiger partial charge in [-0.2, -0.15) is 0 Å². The first-order valence-electron chi connectivity index (χ1n) is 5.73. The molecule has 1 atom stereocenters. The molecule has 2 aromatic rings. The van der Waals surface area contributed by atoms with E-state index in [2.05, 4.69) is 10.3 Å². The van der Waals surface area contributed by atoms with Crippen molar-refractivity contribution in [3.05, 3.63) is 45.4 Å². The molecule has 0 saturated carbocycles. The summed E-state index contributed by atoms with van der Waals surface area (Å²) in [6.07, 6.45) is 0. The van der Waals surface area contributed by atoms with Crippen LogP contribution in [-0.4, -0.2) is 22.0 Å². The minimum Gasteiger partial charge on any atom is -0.476 e. The Hall–Kier alpha value is -1.92. The number of nitrogens with zero attached hydrogens (tertiary/aromatic N) is 1. The highest BCUT2D eigenvalue weighted by molar-refractivity contribution is 7.10. The summed E-state index contributed by atoms with van der Waals surface area (Å²) in [5, 5.41) is 13.8. The van der Waals surface area contributed by atoms with E-state index in [1.807, 2.05) is 0 Å². The third kappa shape index (κ3) is 3.15. The van der Waals surface area contributed by atoms with E-state index in [0.717, 1.165) is 11.3 Å². The van der Waals surface area contributed by atoms with Gasteiger partial charge in [0.2, 0.25) is 5.91 Å². The zero-order chi connectivity index (χ0) is 14.7. The van der Waals surface area contributed by atoms with E-state index in [0.29, 0.717) is 15.7 Å². The molecule has 0 aliphatic carbocycles. The highest BCUT2D eigenvalue weighted by Crippen LogP contribution is 2.25. The van der Waals surface area contributed by atoms with Crippen LogP contribution in [0.25, 0.3) is 0 Å². The third-order valence-corrected chi connectivity index (χ3v) is 3.99. The Bertz CT molecular complexity index is 657. The van der Waals surface area contributed by atoms with Crippen molar-refractivity contribution in [2.24, 2.45) is 0 Å². The standard InChI is InChI=1S/C13H11ClN2O3S/c1-7(12-16-10(6-20-12)13(18)19)11(17)15-9-5-3-2-4-8(9)14/h2-7H,1H3,(H,15,17)(H,18,19). The first kappa shape index (κ1) is 14.5. The van der Waals surface area contributed by atoms with Crippen molar-refractivity contribution < 1.29 is 14.7 Å². The molecule has 0 bridgehead atoms. The van der Waals surface area contributed by atoms with Gasteiger partial charge in [-0.3, -0.25) is 4.79 Å². The van der Waals surface area contributed by atoms with Crippen LogP contribution in [-0.2, 0) is 4.79 Å². The van der Waals surface area contributed by atoms with Crippen molar-refractivity contribution in [2.45, 2.75) is 12.8 Å². The largest absolute Gasteiger partial charge is 0.476 e. The topological polar surface area (TPSA) is 79.3 Å². The summed E-state index contributed by atoms with van der Waals surface area (Å²) in [5.41, 5.74) is 0.462. The van der Waals surface area contributed by atoms with Crippen LogP contribution in [0, 0.1) is 0 Å². The van der Waals surface area contributed by atoms with Crippen LogP contribution in [0.1, 0.15) is 28.3 Å². The van der Waals surface area contributed by atoms with E-state index in [1.54, 1.807) is 31.2 Å². The predicted octanol–water partition coefficient (Wildman–Crippen LogP) is 3.24. The number of halogens is 1. The lowest BCUT2D eigenvalue weighted by Crippen LogP contribution is -2.19. The predicted molar refractivity (Wildman–Crippen MR) is 77.6 cm³/mol. The SMILES string of the molecule is CC(C(=O)Nc1ccccc1Cl)c1nc(C(=O)O)cs1. The second kappa shape index (κ2) is 6.02. The summed E-state index contributed by atoms with van der Waals surface area (Å²) in [7, 11) is 0. The number of carbonyl (C=O) groups is 2. The van der Waals surface area contributed by atoms with Gasteiger partial charge in [-0.25, -0.2) is 9.78 Å². The zero-order valence-corrected chi connectivity index (χ0v) is 12.0. The Morgan fingerprint density at radius 3 is 2.70 bits per heavy atom. The quantitative estimate of drug-likeness (QED) is 0.908. The fourth-order valence-corrected chi connectivity index (χ4v) is 2.53. The van der Waals surface area contributed by atoms with Crippen molar-refractivity contribution >= 4 is 40.5 Å². The fourth-order valence-electron chi connectivity index (χ4n) is 1.50. The molecule has 2 N–H and O–H groups in total. The van der Waals surface area contributed by atoms with Crippen LogP contribution < -0.4 is 5.32 Å². The van der Waals surface area contributed by atoms with E-state index in [9.17, 15) is 9.59 Å². The molecule has 1 heterocycles. The summed E-state index contributed by atoms with van der Waals surface area (Å²) in [5.74, 6) is -1.94. The van der Waals surface area contributed by atoms with Gasteiger partial charge in [0.05, 0.1) is 16.6 Å². The minimum absolute atomic E-state index is 0.0533. The Morgan fingerprint density at radius 2 is 2.10 bits per heavy atom. The maximum atomic E-state index is 12.1. The zero-order valence-electron chi connectivity index (χ0n) is 10.5. The van der Waals surface area contributed by atoms with Gasteiger partial charge >= 0.3 is 5.97 Å². The lowest BCUT2D eigenvalue weighted by molar-refractivity contribution is -0.117. The van der Waals surface area contributed by atoms with Gasteiger partial charge in [0.25, 0.3) is 0 Å². The summed E-state index contributed by atoms with van der Waals surface area (Å²) in [6, 6.07) is 6.89. The fraction of sp³-hybridized carbons (Fsp3) is 0.154. The summed E-state index contributed by atoms with van der Waals surface area (Å²) < 4.78 is 0. The molecule has 1 aromatic heterocycles. The van der Waals surface area contributed by atoms with Crippen LogP contribution in [0.15, 0.2) is 29.6 Å². The Labute approximate surface area is 124 Å². The first-order valence-corrected chi connectivity index (χ1v) is 6.99. The number of anilines is 1. The normalized spacial score (nSPS) is 11.9. The number of hydrogen-bond donors (Lipinski definition) is 2. The van der Waals surface area contributed by atoms with Crippen LogP contribution in [0.5, 0.6) is 0 Å². The van der Waals surface area contributed by atoms with Crippen molar-refractivity contribution in [2.75, 3.05) is 5.32 Å². The number of amides is 1. The molecule has 104 valence electrons. The Morgan fingerprint density at radius 1 is 1.40 bits per heavy atom. The number of hydrogen-bond acceptors (Lipinski definition) is 4. The molecule has 0 fully saturated rings. The van der Waals surface area contributed by atoms with E-state index in [4.69, 9.17) is 16.7 Å². The van der Waals surface area contributed by atoms with Gasteiger partial charge in [0, 0.05) is 5.38 Å². The molecular weight excluding hydrogens is 300 g/mol. The number of carboxylic acid groups (broad SMARTS) is 1. The van der Waals surface area contributed by atoms with E-state index in [1.165, 1.54) is 5.38 Å². The lowest BCUT2D eigenvalue weighted by atomic mass is 10.1. The van der Waals surface area contributed by atoms with E-state index in [-0.39, 0.29) is 11.6 Å². The first-order chi connectivity index (χ1) is 9.49. The number of carbonyl (C=O) groups excluding carboxylic acids is 1. The average molecular weight is 311 g/mol. The maximum Gasteiger partial charge on any atom is 0.355 e. The second-order valence-electron chi connectivity index (χ2n) is 4.07. The van der Waals surface area contributed by atoms with Crippen molar-refractivity contribution in [3.63, 3.8) is 0 Å². The molecular formula is C13H11ClN2O3S. The lowest BCUT2D eigenvalue weighted by Gasteiger charge is -2.10. The van der Waals surface area contributed by atoms with E-state index >= 15 is 0 Å². The molecule has 20 heavy (non-hydrogen) atoms. The number of thiazole rings is 1. The van der Waals surface area contributed by atoms with Crippen molar-refractivity contribution in [1.29, 1.82) is 0 Å². The van der Waals surface area contributed by atoms with Crippen LogP contribution in [0.4, 0.5) is 5.69 Å². The average Bonchev–Trinajstić information content (AvgIpc) is 2.90. The summed E-state index contributed by atoms with van der Waals surface area (Å²) >= 11 is 7.10. The number of carboxylic acids is 1. The molecule has 0 saturated heterocycles. The molecule has 0 spiro atoms. The molecule has 2 rings (SSSR count). The minimum atomic E-state index is -1.11. The molecule has 0 aliphatic rings. The molecule has 5 nitrogen and oxygen atoms in total. The monoisotopic (exact) mass is 310 g/mol. The van der Waals surface area contributed by atoms with Gasteiger partial charge in [-0.05, 0) is 19.1 Å². The van der Waals surface area contributed by atoms with Crippen molar-refractivity contribution in [3.8, 4) is 0 Å². The highest BCUT2D eigenvalue weighted by Gasteiger charge is 2.21. The number of rotatable bonds is 4. The summed E-state index contributed by atoms with van der Waals surface area (Å²) in [4.78, 5) is 26.8. The van der Waals surface area contributed by atoms with Gasteiger partial charge in [0.1, 0.15) is 5.01 Å². The molecule has 1 unspecified atom stereocenters. The number of nitrogens with one attached hydrogen (secondary N) is 1. The van der Waals surface area contributed by atoms with Crippen molar-refractivity contribution in [1.82, 2.24) is 4.98 Å². The van der Waals surface area contributed by atoms with Crippen LogP contribution >= 0.6 is 22.9 Å².